The summed E-state index contributed by atoms with van der Waals surface area (Å²) < 4.78 is 0. The van der Waals surface area contributed by atoms with E-state index in [-0.39, 0.29) is 32.7 Å². The van der Waals surface area contributed by atoms with Crippen molar-refractivity contribution < 1.29 is 0 Å². The van der Waals surface area contributed by atoms with Crippen LogP contribution in [-0.4, -0.2) is 11.1 Å². The molecule has 12 rings (SSSR count). The third kappa shape index (κ3) is 4.56. The van der Waals surface area contributed by atoms with E-state index in [1.54, 1.807) is 0 Å². The van der Waals surface area contributed by atoms with Crippen LogP contribution in [0.25, 0.3) is 54.6 Å². The molecule has 8 aromatic carbocycles. The van der Waals surface area contributed by atoms with Gasteiger partial charge in [-0.15, -0.1) is 0 Å². The number of fused-ring (bicyclic) bond motifs is 6. The zero-order valence-electron chi connectivity index (χ0n) is 38.0. The molecular formula is C60H60N2. The SMILES string of the molecule is CC1(C)CCCC2(C)c3cc(-c4ccc5ccc6c(-c7ccc8c(c7)C7(C)CCCC(C)(C)C7(C)N8c7ccccc7)ccc7ccc4c5c76)ccc3N(c3ccccc3)C12C. The molecule has 0 aromatic heterocycles. The van der Waals surface area contributed by atoms with Crippen LogP contribution in [0.4, 0.5) is 22.7 Å². The van der Waals surface area contributed by atoms with Crippen molar-refractivity contribution in [2.24, 2.45) is 10.8 Å². The minimum atomic E-state index is -0.0692. The highest BCUT2D eigenvalue weighted by atomic mass is 15.3. The van der Waals surface area contributed by atoms with Gasteiger partial charge in [-0.25, -0.2) is 0 Å². The first-order chi connectivity index (χ1) is 29.7. The Labute approximate surface area is 368 Å². The van der Waals surface area contributed by atoms with Crippen molar-refractivity contribution in [3.05, 3.63) is 157 Å². The Morgan fingerprint density at radius 2 is 0.774 bits per heavy atom. The van der Waals surface area contributed by atoms with E-state index in [9.17, 15) is 0 Å². The Morgan fingerprint density at radius 1 is 0.387 bits per heavy atom. The molecule has 2 heterocycles. The summed E-state index contributed by atoms with van der Waals surface area (Å²) in [6.07, 6.45) is 7.34. The van der Waals surface area contributed by atoms with Crippen molar-refractivity contribution in [2.45, 2.75) is 116 Å². The molecule has 4 unspecified atom stereocenters. The summed E-state index contributed by atoms with van der Waals surface area (Å²) in [7, 11) is 0. The van der Waals surface area contributed by atoms with Crippen LogP contribution < -0.4 is 9.80 Å². The molecule has 2 aliphatic heterocycles. The quantitative estimate of drug-likeness (QED) is 0.163. The van der Waals surface area contributed by atoms with Crippen LogP contribution >= 0.6 is 0 Å². The summed E-state index contributed by atoms with van der Waals surface area (Å²) in [5.74, 6) is 0. The zero-order valence-corrected chi connectivity index (χ0v) is 38.0. The number of para-hydroxylation sites is 2. The van der Waals surface area contributed by atoms with Gasteiger partial charge in [-0.05, 0) is 165 Å². The van der Waals surface area contributed by atoms with Crippen LogP contribution in [-0.2, 0) is 10.8 Å². The van der Waals surface area contributed by atoms with Gasteiger partial charge in [0.15, 0.2) is 0 Å². The van der Waals surface area contributed by atoms with Gasteiger partial charge >= 0.3 is 0 Å². The zero-order chi connectivity index (χ0) is 42.6. The fourth-order valence-electron chi connectivity index (χ4n) is 14.5. The van der Waals surface area contributed by atoms with Crippen LogP contribution in [0.5, 0.6) is 0 Å². The van der Waals surface area contributed by atoms with Crippen LogP contribution in [0, 0.1) is 10.8 Å². The van der Waals surface area contributed by atoms with E-state index in [0.717, 1.165) is 0 Å². The molecule has 0 amide bonds. The summed E-state index contributed by atoms with van der Waals surface area (Å²) in [6.45, 7) is 20.3. The standard InChI is InChI=1S/C60H60N2/c1-55(2)33-15-35-57(5)49-37-41(25-31-51(49)61(59(55,57)7)43-17-11-9-12-18-43)45-27-21-39-24-30-48-46(28-22-40-23-29-47(45)53(39)54(40)48)42-26-32-52-50(38-42)58(6)36-16-34-56(3,4)60(58,8)62(52)44-19-13-10-14-20-44/h9-14,17-32,37-38H,15-16,33-36H2,1-8H3. The molecule has 2 fully saturated rings. The minimum absolute atomic E-state index is 0.00446. The van der Waals surface area contributed by atoms with Crippen molar-refractivity contribution in [1.82, 2.24) is 0 Å². The van der Waals surface area contributed by atoms with Crippen LogP contribution in [0.3, 0.4) is 0 Å². The highest BCUT2D eigenvalue weighted by Crippen LogP contribution is 2.68. The molecule has 4 aliphatic rings. The molecule has 2 saturated carbocycles. The molecule has 0 N–H and O–H groups in total. The third-order valence-corrected chi connectivity index (χ3v) is 18.6. The third-order valence-electron chi connectivity index (χ3n) is 18.6. The summed E-state index contributed by atoms with van der Waals surface area (Å²) in [5, 5.41) is 8.06. The second-order valence-corrected chi connectivity index (χ2v) is 21.7. The lowest BCUT2D eigenvalue weighted by atomic mass is 9.51. The number of rotatable bonds is 4. The smallest absolute Gasteiger partial charge is 0.0568 e. The Kier molecular flexibility index (Phi) is 7.70. The van der Waals surface area contributed by atoms with Gasteiger partial charge in [0.25, 0.3) is 0 Å². The van der Waals surface area contributed by atoms with Gasteiger partial charge in [-0.1, -0.05) is 151 Å². The fraction of sp³-hybridized carbons (Fsp3) is 0.333. The fourth-order valence-corrected chi connectivity index (χ4v) is 14.5. The van der Waals surface area contributed by atoms with Crippen molar-refractivity contribution in [2.75, 3.05) is 9.80 Å². The molecule has 0 spiro atoms. The molecule has 2 aliphatic carbocycles. The first-order valence-corrected chi connectivity index (χ1v) is 23.4. The number of hydrogen-bond acceptors (Lipinski definition) is 2. The highest BCUT2D eigenvalue weighted by molar-refractivity contribution is 6.27. The molecule has 62 heavy (non-hydrogen) atoms. The van der Waals surface area contributed by atoms with E-state index >= 15 is 0 Å². The highest BCUT2D eigenvalue weighted by Gasteiger charge is 2.66. The average Bonchev–Trinajstić information content (AvgIpc) is 3.62. The lowest BCUT2D eigenvalue weighted by Crippen LogP contribution is -2.64. The van der Waals surface area contributed by atoms with Gasteiger partial charge in [0.05, 0.1) is 11.1 Å². The molecular weight excluding hydrogens is 749 g/mol. The average molecular weight is 809 g/mol. The second-order valence-electron chi connectivity index (χ2n) is 21.7. The van der Waals surface area contributed by atoms with E-state index in [4.69, 9.17) is 0 Å². The first kappa shape index (κ1) is 38.1. The predicted octanol–water partition coefficient (Wildman–Crippen LogP) is 16.7. The van der Waals surface area contributed by atoms with Crippen LogP contribution in [0.1, 0.15) is 105 Å². The number of anilines is 4. The van der Waals surface area contributed by atoms with Gasteiger partial charge in [0, 0.05) is 33.6 Å². The maximum atomic E-state index is 2.71. The molecule has 2 nitrogen and oxygen atoms in total. The Morgan fingerprint density at radius 3 is 1.18 bits per heavy atom. The van der Waals surface area contributed by atoms with Gasteiger partial charge in [0.2, 0.25) is 0 Å². The summed E-state index contributed by atoms with van der Waals surface area (Å²) in [5.41, 5.74) is 13.7. The van der Waals surface area contributed by atoms with Gasteiger partial charge < -0.3 is 9.80 Å². The molecule has 4 atom stereocenters. The Hall–Kier alpha value is -5.60. The topological polar surface area (TPSA) is 6.48 Å². The van der Waals surface area contributed by atoms with Gasteiger partial charge in [0.1, 0.15) is 0 Å². The van der Waals surface area contributed by atoms with E-state index in [2.05, 4.69) is 211 Å². The maximum Gasteiger partial charge on any atom is 0.0568 e. The number of benzene rings is 8. The van der Waals surface area contributed by atoms with E-state index < -0.39 is 0 Å². The van der Waals surface area contributed by atoms with E-state index in [1.807, 2.05) is 0 Å². The summed E-state index contributed by atoms with van der Waals surface area (Å²) in [6, 6.07) is 56.3. The van der Waals surface area contributed by atoms with Gasteiger partial charge in [-0.3, -0.25) is 0 Å². The summed E-state index contributed by atoms with van der Waals surface area (Å²) >= 11 is 0. The van der Waals surface area contributed by atoms with Crippen LogP contribution in [0.2, 0.25) is 0 Å². The number of nitrogens with zero attached hydrogens (tertiary/aromatic N) is 2. The van der Waals surface area contributed by atoms with E-state index in [1.165, 1.54) is 127 Å². The summed E-state index contributed by atoms with van der Waals surface area (Å²) in [4.78, 5) is 5.43. The Balaban J connectivity index is 1.02. The lowest BCUT2D eigenvalue weighted by molar-refractivity contribution is 0.0484. The van der Waals surface area contributed by atoms with Gasteiger partial charge in [-0.2, -0.15) is 0 Å². The van der Waals surface area contributed by atoms with Crippen molar-refractivity contribution in [3.8, 4) is 22.3 Å². The molecule has 2 heteroatoms. The predicted molar refractivity (Wildman–Crippen MR) is 265 cm³/mol. The van der Waals surface area contributed by atoms with Crippen molar-refractivity contribution >= 4 is 55.1 Å². The molecule has 0 radical (unpaired) electrons. The van der Waals surface area contributed by atoms with E-state index in [0.29, 0.717) is 0 Å². The van der Waals surface area contributed by atoms with Crippen molar-refractivity contribution in [3.63, 3.8) is 0 Å². The van der Waals surface area contributed by atoms with Crippen LogP contribution in [0.15, 0.2) is 146 Å². The molecule has 310 valence electrons. The van der Waals surface area contributed by atoms with Crippen molar-refractivity contribution in [1.29, 1.82) is 0 Å². The molecule has 8 aromatic rings. The lowest BCUT2D eigenvalue weighted by Gasteiger charge is -2.59. The first-order valence-electron chi connectivity index (χ1n) is 23.4. The minimum Gasteiger partial charge on any atom is -0.334 e. The monoisotopic (exact) mass is 808 g/mol. The Bertz CT molecular complexity index is 2890. The molecule has 0 saturated heterocycles. The normalized spacial score (nSPS) is 27.1. The largest absolute Gasteiger partial charge is 0.334 e. The number of hydrogen-bond donors (Lipinski definition) is 0. The maximum absolute atomic E-state index is 2.71. The second kappa shape index (κ2) is 12.5. The molecule has 0 bridgehead atoms.